The number of carbonyl (C=O) groups is 2. The molecule has 0 saturated carbocycles. The van der Waals surface area contributed by atoms with Crippen molar-refractivity contribution < 1.29 is 14.0 Å². The van der Waals surface area contributed by atoms with Gasteiger partial charge in [-0.25, -0.2) is 4.39 Å². The highest BCUT2D eigenvalue weighted by Crippen LogP contribution is 2.25. The summed E-state index contributed by atoms with van der Waals surface area (Å²) in [5, 5.41) is 13.6. The van der Waals surface area contributed by atoms with Gasteiger partial charge in [0.15, 0.2) is 4.34 Å². The molecule has 2 N–H and O–H groups in total. The topological polar surface area (TPSA) is 84.0 Å². The minimum absolute atomic E-state index is 0.115. The van der Waals surface area contributed by atoms with Crippen LogP contribution in [-0.2, 0) is 11.3 Å². The normalized spacial score (nSPS) is 10.4. The summed E-state index contributed by atoms with van der Waals surface area (Å²) in [7, 11) is 0. The first kappa shape index (κ1) is 19.0. The highest BCUT2D eigenvalue weighted by Gasteiger charge is 2.12. The van der Waals surface area contributed by atoms with Crippen LogP contribution in [0.4, 0.5) is 9.52 Å². The van der Waals surface area contributed by atoms with Gasteiger partial charge < -0.3 is 5.32 Å². The van der Waals surface area contributed by atoms with Crippen LogP contribution in [0.5, 0.6) is 0 Å². The molecule has 2 aromatic carbocycles. The molecule has 0 atom stereocenters. The van der Waals surface area contributed by atoms with Crippen molar-refractivity contribution in [3.05, 3.63) is 71.5 Å². The predicted molar refractivity (Wildman–Crippen MR) is 103 cm³/mol. The van der Waals surface area contributed by atoms with Crippen LogP contribution in [0.3, 0.4) is 0 Å². The van der Waals surface area contributed by atoms with Gasteiger partial charge in [-0.2, -0.15) is 0 Å². The molecule has 0 aliphatic heterocycles. The number of carbonyl (C=O) groups excluding carboxylic acids is 2. The van der Waals surface area contributed by atoms with Gasteiger partial charge in [-0.1, -0.05) is 53.4 Å². The molecule has 3 rings (SSSR count). The Hall–Kier alpha value is -2.78. The highest BCUT2D eigenvalue weighted by atomic mass is 32.2. The Morgan fingerprint density at radius 1 is 1.04 bits per heavy atom. The molecule has 9 heteroatoms. The third kappa shape index (κ3) is 5.87. The van der Waals surface area contributed by atoms with E-state index in [4.69, 9.17) is 0 Å². The first-order valence-corrected chi connectivity index (χ1v) is 9.74. The average molecular weight is 402 g/mol. The van der Waals surface area contributed by atoms with Crippen molar-refractivity contribution in [2.75, 3.05) is 11.1 Å². The second-order valence-corrected chi connectivity index (χ2v) is 7.59. The van der Waals surface area contributed by atoms with Crippen LogP contribution in [0, 0.1) is 5.82 Å². The lowest BCUT2D eigenvalue weighted by atomic mass is 10.2. The van der Waals surface area contributed by atoms with E-state index in [9.17, 15) is 14.0 Å². The van der Waals surface area contributed by atoms with Crippen LogP contribution in [0.25, 0.3) is 0 Å². The molecule has 0 saturated heterocycles. The predicted octanol–water partition coefficient (Wildman–Crippen LogP) is 3.34. The van der Waals surface area contributed by atoms with E-state index in [1.165, 1.54) is 47.4 Å². The second-order valence-electron chi connectivity index (χ2n) is 5.39. The smallest absolute Gasteiger partial charge is 0.257 e. The molecule has 0 aliphatic rings. The first-order chi connectivity index (χ1) is 13.1. The van der Waals surface area contributed by atoms with Crippen molar-refractivity contribution >= 4 is 40.0 Å². The monoisotopic (exact) mass is 402 g/mol. The largest absolute Gasteiger partial charge is 0.351 e. The Morgan fingerprint density at radius 2 is 1.78 bits per heavy atom. The van der Waals surface area contributed by atoms with Crippen molar-refractivity contribution in [1.29, 1.82) is 0 Å². The Kier molecular flexibility index (Phi) is 6.50. The molecule has 1 aromatic heterocycles. The number of anilines is 1. The van der Waals surface area contributed by atoms with Gasteiger partial charge in [0.2, 0.25) is 11.0 Å². The molecule has 0 fully saturated rings. The minimum Gasteiger partial charge on any atom is -0.351 e. The zero-order valence-electron chi connectivity index (χ0n) is 14.0. The number of aromatic nitrogens is 2. The third-order valence-corrected chi connectivity index (χ3v) is 5.36. The number of hydrogen-bond acceptors (Lipinski definition) is 6. The van der Waals surface area contributed by atoms with Gasteiger partial charge in [0.05, 0.1) is 5.75 Å². The first-order valence-electron chi connectivity index (χ1n) is 7.94. The van der Waals surface area contributed by atoms with Crippen molar-refractivity contribution in [2.24, 2.45) is 0 Å². The molecule has 0 aliphatic carbocycles. The van der Waals surface area contributed by atoms with Gasteiger partial charge >= 0.3 is 0 Å². The lowest BCUT2D eigenvalue weighted by Crippen LogP contribution is -2.24. The van der Waals surface area contributed by atoms with E-state index in [1.54, 1.807) is 0 Å². The van der Waals surface area contributed by atoms with Crippen LogP contribution >= 0.6 is 23.1 Å². The summed E-state index contributed by atoms with van der Waals surface area (Å²) < 4.78 is 13.5. The van der Waals surface area contributed by atoms with Crippen LogP contribution in [0.2, 0.25) is 0 Å². The second kappa shape index (κ2) is 9.24. The Balaban J connectivity index is 1.45. The number of amides is 2. The summed E-state index contributed by atoms with van der Waals surface area (Å²) in [5.74, 6) is -0.723. The van der Waals surface area contributed by atoms with E-state index in [-0.39, 0.29) is 11.7 Å². The molecule has 138 valence electrons. The van der Waals surface area contributed by atoms with Crippen LogP contribution < -0.4 is 10.6 Å². The van der Waals surface area contributed by atoms with Gasteiger partial charge in [0.1, 0.15) is 5.82 Å². The molecule has 27 heavy (non-hydrogen) atoms. The van der Waals surface area contributed by atoms with Crippen LogP contribution in [0.1, 0.15) is 15.9 Å². The maximum absolute atomic E-state index is 12.9. The fraction of sp³-hybridized carbons (Fsp3) is 0.111. The van der Waals surface area contributed by atoms with Crippen LogP contribution in [-0.4, -0.2) is 27.8 Å². The Morgan fingerprint density at radius 3 is 2.52 bits per heavy atom. The molecule has 0 spiro atoms. The fourth-order valence-corrected chi connectivity index (χ4v) is 3.64. The molecule has 3 aromatic rings. The Bertz CT molecular complexity index is 917. The van der Waals surface area contributed by atoms with Gasteiger partial charge in [0, 0.05) is 12.1 Å². The van der Waals surface area contributed by atoms with Gasteiger partial charge in [-0.15, -0.1) is 10.2 Å². The van der Waals surface area contributed by atoms with Crippen LogP contribution in [0.15, 0.2) is 58.9 Å². The molecule has 6 nitrogen and oxygen atoms in total. The molecular formula is C18H15FN4O2S2. The standard InChI is InChI=1S/C18H15FN4O2S2/c19-14-8-6-13(7-9-14)16(25)21-17-22-23-18(27-17)26-11-15(24)20-10-12-4-2-1-3-5-12/h1-9H,10-11H2,(H,20,24)(H,21,22,25). The SMILES string of the molecule is O=C(CSc1nnc(NC(=O)c2ccc(F)cc2)s1)NCc1ccccc1. The molecular weight excluding hydrogens is 387 g/mol. The number of halogens is 1. The van der Waals surface area contributed by atoms with E-state index in [1.807, 2.05) is 30.3 Å². The van der Waals surface area contributed by atoms with Crippen molar-refractivity contribution in [3.63, 3.8) is 0 Å². The summed E-state index contributed by atoms with van der Waals surface area (Å²) in [6.45, 7) is 0.468. The van der Waals surface area contributed by atoms with E-state index < -0.39 is 11.7 Å². The Labute approximate surface area is 163 Å². The van der Waals surface area contributed by atoms with E-state index >= 15 is 0 Å². The minimum atomic E-state index is -0.410. The maximum atomic E-state index is 12.9. The summed E-state index contributed by atoms with van der Waals surface area (Å²) in [4.78, 5) is 24.0. The number of benzene rings is 2. The molecule has 0 radical (unpaired) electrons. The lowest BCUT2D eigenvalue weighted by molar-refractivity contribution is -0.118. The van der Waals surface area contributed by atoms with E-state index in [2.05, 4.69) is 20.8 Å². The van der Waals surface area contributed by atoms with Crippen molar-refractivity contribution in [1.82, 2.24) is 15.5 Å². The maximum Gasteiger partial charge on any atom is 0.257 e. The summed E-state index contributed by atoms with van der Waals surface area (Å²) in [6.07, 6.45) is 0. The molecule has 0 bridgehead atoms. The fourth-order valence-electron chi connectivity index (χ4n) is 2.06. The number of thioether (sulfide) groups is 1. The summed E-state index contributed by atoms with van der Waals surface area (Å²) >= 11 is 2.41. The highest BCUT2D eigenvalue weighted by molar-refractivity contribution is 8.01. The summed E-state index contributed by atoms with van der Waals surface area (Å²) in [6, 6.07) is 14.8. The van der Waals surface area contributed by atoms with Gasteiger partial charge in [-0.3, -0.25) is 14.9 Å². The van der Waals surface area contributed by atoms with E-state index in [0.29, 0.717) is 21.6 Å². The zero-order chi connectivity index (χ0) is 19.1. The van der Waals surface area contributed by atoms with Gasteiger partial charge in [0.25, 0.3) is 5.91 Å². The molecule has 2 amide bonds. The third-order valence-electron chi connectivity index (χ3n) is 3.39. The summed E-state index contributed by atoms with van der Waals surface area (Å²) in [5.41, 5.74) is 1.35. The lowest BCUT2D eigenvalue weighted by Gasteiger charge is -2.03. The number of rotatable bonds is 7. The number of nitrogens with one attached hydrogen (secondary N) is 2. The average Bonchev–Trinajstić information content (AvgIpc) is 3.13. The van der Waals surface area contributed by atoms with E-state index in [0.717, 1.165) is 5.56 Å². The van der Waals surface area contributed by atoms with Crippen molar-refractivity contribution in [3.8, 4) is 0 Å². The van der Waals surface area contributed by atoms with Gasteiger partial charge in [-0.05, 0) is 29.8 Å². The molecule has 1 heterocycles. The quantitative estimate of drug-likeness (QED) is 0.468. The number of nitrogens with zero attached hydrogens (tertiary/aromatic N) is 2. The molecule has 0 unspecified atom stereocenters. The number of hydrogen-bond donors (Lipinski definition) is 2. The van der Waals surface area contributed by atoms with Crippen molar-refractivity contribution in [2.45, 2.75) is 10.9 Å². The zero-order valence-corrected chi connectivity index (χ0v) is 15.6.